The number of carbonyl (C=O) groups is 1. The Kier molecular flexibility index (Phi) is 2.32. The fourth-order valence-corrected chi connectivity index (χ4v) is 3.54. The summed E-state index contributed by atoms with van der Waals surface area (Å²) in [7, 11) is 0. The average Bonchev–Trinajstić information content (AvgIpc) is 2.89. The van der Waals surface area contributed by atoms with Gasteiger partial charge in [-0.2, -0.15) is 0 Å². The smallest absolute Gasteiger partial charge is 0.229 e. The number of carbonyl (C=O) groups excluding carboxylic acids is 1. The van der Waals surface area contributed by atoms with Gasteiger partial charge in [-0.3, -0.25) is 9.69 Å². The Morgan fingerprint density at radius 1 is 1.50 bits per heavy atom. The van der Waals surface area contributed by atoms with Gasteiger partial charge in [-0.15, -0.1) is 17.9 Å². The summed E-state index contributed by atoms with van der Waals surface area (Å²) in [4.78, 5) is 19.6. The van der Waals surface area contributed by atoms with Gasteiger partial charge in [0, 0.05) is 23.8 Å². The topological polar surface area (TPSA) is 33.2 Å². The Balaban J connectivity index is 1.87. The fraction of sp³-hybridized carbons (Fsp3) is 0.500. The average molecular weight is 234 g/mol. The Bertz CT molecular complexity index is 430. The first-order valence-corrected chi connectivity index (χ1v) is 6.51. The zero-order valence-corrected chi connectivity index (χ0v) is 9.92. The van der Waals surface area contributed by atoms with E-state index in [9.17, 15) is 4.79 Å². The second kappa shape index (κ2) is 3.70. The zero-order chi connectivity index (χ0) is 11.1. The molecule has 1 aromatic heterocycles. The van der Waals surface area contributed by atoms with Gasteiger partial charge in [-0.25, -0.2) is 4.98 Å². The van der Waals surface area contributed by atoms with Crippen molar-refractivity contribution in [3.63, 3.8) is 0 Å². The Labute approximate surface area is 98.8 Å². The molecule has 1 aromatic rings. The minimum Gasteiger partial charge on any atom is -0.287 e. The van der Waals surface area contributed by atoms with Crippen molar-refractivity contribution < 1.29 is 4.79 Å². The van der Waals surface area contributed by atoms with Crippen molar-refractivity contribution in [1.82, 2.24) is 4.98 Å². The van der Waals surface area contributed by atoms with Crippen molar-refractivity contribution in [3.8, 4) is 0 Å². The maximum Gasteiger partial charge on any atom is 0.229 e. The van der Waals surface area contributed by atoms with Crippen LogP contribution in [-0.4, -0.2) is 17.4 Å². The van der Waals surface area contributed by atoms with Gasteiger partial charge >= 0.3 is 0 Å². The van der Waals surface area contributed by atoms with Crippen LogP contribution in [0.2, 0.25) is 0 Å². The van der Waals surface area contributed by atoms with E-state index in [1.165, 1.54) is 17.0 Å². The minimum absolute atomic E-state index is 0.192. The van der Waals surface area contributed by atoms with Crippen molar-refractivity contribution in [2.24, 2.45) is 5.92 Å². The number of aryl methyl sites for hydroxylation is 2. The third-order valence-electron chi connectivity index (χ3n) is 3.30. The Morgan fingerprint density at radius 2 is 2.38 bits per heavy atom. The number of anilines is 1. The minimum atomic E-state index is 0.192. The van der Waals surface area contributed by atoms with Crippen molar-refractivity contribution in [2.45, 2.75) is 25.7 Å². The van der Waals surface area contributed by atoms with E-state index >= 15 is 0 Å². The molecule has 2 heterocycles. The summed E-state index contributed by atoms with van der Waals surface area (Å²) in [5.74, 6) is 0.489. The molecule has 0 bridgehead atoms. The van der Waals surface area contributed by atoms with Crippen LogP contribution in [0, 0.1) is 5.92 Å². The lowest BCUT2D eigenvalue weighted by atomic mass is 10.1. The molecule has 3 nitrogen and oxygen atoms in total. The third-order valence-corrected chi connectivity index (χ3v) is 4.48. The first kappa shape index (κ1) is 10.0. The van der Waals surface area contributed by atoms with E-state index in [0.29, 0.717) is 12.3 Å². The lowest BCUT2D eigenvalue weighted by Crippen LogP contribution is -2.24. The van der Waals surface area contributed by atoms with Gasteiger partial charge in [-0.05, 0) is 19.3 Å². The van der Waals surface area contributed by atoms with Crippen LogP contribution in [0.5, 0.6) is 0 Å². The maximum atomic E-state index is 11.8. The largest absolute Gasteiger partial charge is 0.287 e. The van der Waals surface area contributed by atoms with E-state index in [1.54, 1.807) is 11.3 Å². The molecule has 0 aromatic carbocycles. The highest BCUT2D eigenvalue weighted by atomic mass is 32.1. The molecule has 0 radical (unpaired) electrons. The highest BCUT2D eigenvalue weighted by Crippen LogP contribution is 2.35. The van der Waals surface area contributed by atoms with Gasteiger partial charge < -0.3 is 0 Å². The predicted molar refractivity (Wildman–Crippen MR) is 64.8 cm³/mol. The van der Waals surface area contributed by atoms with E-state index in [1.807, 2.05) is 11.0 Å². The third kappa shape index (κ3) is 1.48. The number of thiazole rings is 1. The molecule has 1 atom stereocenters. The summed E-state index contributed by atoms with van der Waals surface area (Å²) in [6.45, 7) is 4.52. The summed E-state index contributed by atoms with van der Waals surface area (Å²) >= 11 is 1.70. The fourth-order valence-electron chi connectivity index (χ4n) is 2.37. The van der Waals surface area contributed by atoms with Gasteiger partial charge in [0.1, 0.15) is 0 Å². The molecule has 1 unspecified atom stereocenters. The van der Waals surface area contributed by atoms with Crippen molar-refractivity contribution in [1.29, 1.82) is 0 Å². The van der Waals surface area contributed by atoms with Crippen LogP contribution < -0.4 is 4.90 Å². The van der Waals surface area contributed by atoms with Crippen LogP contribution in [0.15, 0.2) is 12.7 Å². The summed E-state index contributed by atoms with van der Waals surface area (Å²) in [5.41, 5.74) is 1.22. The first-order chi connectivity index (χ1) is 7.78. The Morgan fingerprint density at radius 3 is 3.06 bits per heavy atom. The highest BCUT2D eigenvalue weighted by Gasteiger charge is 2.31. The molecule has 16 heavy (non-hydrogen) atoms. The molecule has 3 rings (SSSR count). The molecule has 84 valence electrons. The SMILES string of the molecule is C=CC1CC(=O)N(c2nc3c(s2)CCC3)C1. The number of aromatic nitrogens is 1. The van der Waals surface area contributed by atoms with E-state index in [0.717, 1.165) is 24.5 Å². The van der Waals surface area contributed by atoms with Gasteiger partial charge in [0.2, 0.25) is 5.91 Å². The normalized spacial score (nSPS) is 23.9. The first-order valence-electron chi connectivity index (χ1n) is 5.69. The quantitative estimate of drug-likeness (QED) is 0.735. The maximum absolute atomic E-state index is 11.8. The van der Waals surface area contributed by atoms with Crippen molar-refractivity contribution in [2.75, 3.05) is 11.4 Å². The molecule has 2 aliphatic rings. The van der Waals surface area contributed by atoms with Crippen molar-refractivity contribution >= 4 is 22.4 Å². The molecule has 1 fully saturated rings. The lowest BCUT2D eigenvalue weighted by molar-refractivity contribution is -0.117. The molecule has 1 saturated heterocycles. The monoisotopic (exact) mass is 234 g/mol. The molecule has 1 amide bonds. The van der Waals surface area contributed by atoms with Crippen LogP contribution in [0.3, 0.4) is 0 Å². The summed E-state index contributed by atoms with van der Waals surface area (Å²) in [5, 5.41) is 0.902. The van der Waals surface area contributed by atoms with Crippen LogP contribution in [-0.2, 0) is 17.6 Å². The Hall–Kier alpha value is -1.16. The molecule has 1 aliphatic carbocycles. The zero-order valence-electron chi connectivity index (χ0n) is 9.11. The van der Waals surface area contributed by atoms with E-state index in [2.05, 4.69) is 11.6 Å². The molecule has 4 heteroatoms. The number of amides is 1. The van der Waals surface area contributed by atoms with Gasteiger partial charge in [0.25, 0.3) is 0 Å². The molecular weight excluding hydrogens is 220 g/mol. The second-order valence-electron chi connectivity index (χ2n) is 4.42. The number of fused-ring (bicyclic) bond motifs is 1. The molecule has 0 spiro atoms. The van der Waals surface area contributed by atoms with Gasteiger partial charge in [0.15, 0.2) is 5.13 Å². The molecule has 0 saturated carbocycles. The second-order valence-corrected chi connectivity index (χ2v) is 5.49. The van der Waals surface area contributed by atoms with Gasteiger partial charge in [-0.1, -0.05) is 6.08 Å². The summed E-state index contributed by atoms with van der Waals surface area (Å²) in [6.07, 6.45) is 5.91. The molecule has 0 N–H and O–H groups in total. The standard InChI is InChI=1S/C12H14N2OS/c1-2-8-6-11(15)14(7-8)12-13-9-4-3-5-10(9)16-12/h2,8H,1,3-7H2. The summed E-state index contributed by atoms with van der Waals surface area (Å²) in [6, 6.07) is 0. The highest BCUT2D eigenvalue weighted by molar-refractivity contribution is 7.16. The van der Waals surface area contributed by atoms with Gasteiger partial charge in [0.05, 0.1) is 5.69 Å². The number of hydrogen-bond donors (Lipinski definition) is 0. The number of hydrogen-bond acceptors (Lipinski definition) is 3. The number of nitrogens with zero attached hydrogens (tertiary/aromatic N) is 2. The lowest BCUT2D eigenvalue weighted by Gasteiger charge is -2.11. The summed E-state index contributed by atoms with van der Waals surface area (Å²) < 4.78 is 0. The van der Waals surface area contributed by atoms with Crippen LogP contribution >= 0.6 is 11.3 Å². The van der Waals surface area contributed by atoms with Crippen LogP contribution in [0.25, 0.3) is 0 Å². The van der Waals surface area contributed by atoms with Crippen LogP contribution in [0.4, 0.5) is 5.13 Å². The van der Waals surface area contributed by atoms with E-state index in [-0.39, 0.29) is 5.91 Å². The van der Waals surface area contributed by atoms with Crippen LogP contribution in [0.1, 0.15) is 23.4 Å². The van der Waals surface area contributed by atoms with E-state index < -0.39 is 0 Å². The van der Waals surface area contributed by atoms with Crippen molar-refractivity contribution in [3.05, 3.63) is 23.2 Å². The van der Waals surface area contributed by atoms with E-state index in [4.69, 9.17) is 0 Å². The molecule has 1 aliphatic heterocycles. The number of rotatable bonds is 2. The molecular formula is C12H14N2OS. The predicted octanol–water partition coefficient (Wildman–Crippen LogP) is 2.17.